The van der Waals surface area contributed by atoms with Crippen molar-refractivity contribution in [3.05, 3.63) is 88.8 Å². The summed E-state index contributed by atoms with van der Waals surface area (Å²) in [4.78, 5) is 38.7. The maximum atomic E-state index is 13.5. The van der Waals surface area contributed by atoms with Crippen LogP contribution < -0.4 is 0 Å². The Morgan fingerprint density at radius 2 is 1.97 bits per heavy atom. The van der Waals surface area contributed by atoms with E-state index < -0.39 is 17.9 Å². The van der Waals surface area contributed by atoms with Gasteiger partial charge in [-0.2, -0.15) is 4.98 Å². The minimum Gasteiger partial charge on any atom is -0.478 e. The van der Waals surface area contributed by atoms with Gasteiger partial charge >= 0.3 is 5.97 Å². The lowest BCUT2D eigenvalue weighted by Crippen LogP contribution is -2.39. The van der Waals surface area contributed by atoms with Crippen LogP contribution in [0.2, 0.25) is 0 Å². The fourth-order valence-electron chi connectivity index (χ4n) is 3.95. The van der Waals surface area contributed by atoms with E-state index in [4.69, 9.17) is 4.52 Å². The lowest BCUT2D eigenvalue weighted by molar-refractivity contribution is 0.0575. The number of carboxylic acid groups (broad SMARTS) is 1. The Balaban J connectivity index is 1.55. The Bertz CT molecular complexity index is 1330. The zero-order valence-corrected chi connectivity index (χ0v) is 17.1. The number of aromatic nitrogens is 4. The number of benzene rings is 2. The van der Waals surface area contributed by atoms with Crippen LogP contribution in [0.15, 0.2) is 59.4 Å². The van der Waals surface area contributed by atoms with E-state index in [1.165, 1.54) is 12.1 Å². The number of amides is 1. The predicted octanol–water partition coefficient (Wildman–Crippen LogP) is 3.41. The molecule has 0 saturated heterocycles. The van der Waals surface area contributed by atoms with Gasteiger partial charge in [-0.1, -0.05) is 41.1 Å². The maximum absolute atomic E-state index is 13.5. The van der Waals surface area contributed by atoms with Crippen LogP contribution in [0.3, 0.4) is 0 Å². The van der Waals surface area contributed by atoms with Crippen molar-refractivity contribution in [2.24, 2.45) is 0 Å². The molecule has 2 aromatic heterocycles. The van der Waals surface area contributed by atoms with Crippen LogP contribution in [0, 0.1) is 6.92 Å². The van der Waals surface area contributed by atoms with Gasteiger partial charge < -0.3 is 19.5 Å². The first kappa shape index (κ1) is 19.7. The van der Waals surface area contributed by atoms with Gasteiger partial charge in [-0.3, -0.25) is 4.79 Å². The molecule has 0 saturated carbocycles. The summed E-state index contributed by atoms with van der Waals surface area (Å²) >= 11 is 0. The van der Waals surface area contributed by atoms with Crippen LogP contribution in [0.5, 0.6) is 0 Å². The number of rotatable bonds is 4. The number of hydrogen-bond donors (Lipinski definition) is 2. The number of imidazole rings is 1. The van der Waals surface area contributed by atoms with Gasteiger partial charge in [0.05, 0.1) is 35.4 Å². The quantitative estimate of drug-likeness (QED) is 0.509. The average Bonchev–Trinajstić information content (AvgIpc) is 3.47. The van der Waals surface area contributed by atoms with E-state index in [-0.39, 0.29) is 23.6 Å². The Hall–Kier alpha value is -4.27. The van der Waals surface area contributed by atoms with Gasteiger partial charge in [0, 0.05) is 12.0 Å². The van der Waals surface area contributed by atoms with Gasteiger partial charge in [0.1, 0.15) is 6.04 Å². The lowest BCUT2D eigenvalue weighted by Gasteiger charge is -2.33. The molecule has 1 amide bonds. The molecule has 4 aromatic rings. The fraction of sp³-hybridized carbons (Fsp3) is 0.174. The highest BCUT2D eigenvalue weighted by Gasteiger charge is 2.37. The summed E-state index contributed by atoms with van der Waals surface area (Å²) in [7, 11) is 0. The zero-order valence-electron chi connectivity index (χ0n) is 17.1. The standard InChI is InChI=1S/C23H19N5O4/c1-13-5-4-6-14(9-13)20-26-21(32-27-20)19-10-17-18(25-12-24-17)11-28(19)22(29)15-7-2-3-8-16(15)23(30)31/h2-9,12,19H,10-11H2,1H3,(H,24,25)(H,30,31). The van der Waals surface area contributed by atoms with Gasteiger partial charge in [-0.05, 0) is 25.1 Å². The van der Waals surface area contributed by atoms with E-state index in [9.17, 15) is 14.7 Å². The highest BCUT2D eigenvalue weighted by atomic mass is 16.5. The molecule has 9 nitrogen and oxygen atoms in total. The maximum Gasteiger partial charge on any atom is 0.336 e. The van der Waals surface area contributed by atoms with Crippen LogP contribution in [0.4, 0.5) is 0 Å². The molecule has 9 heteroatoms. The Morgan fingerprint density at radius 3 is 2.75 bits per heavy atom. The van der Waals surface area contributed by atoms with Gasteiger partial charge in [-0.25, -0.2) is 9.78 Å². The molecule has 1 aliphatic rings. The molecule has 1 aliphatic heterocycles. The van der Waals surface area contributed by atoms with Crippen LogP contribution in [0.25, 0.3) is 11.4 Å². The number of carbonyl (C=O) groups is 2. The molecule has 32 heavy (non-hydrogen) atoms. The fourth-order valence-corrected chi connectivity index (χ4v) is 3.95. The van der Waals surface area contributed by atoms with Gasteiger partial charge in [0.25, 0.3) is 5.91 Å². The highest BCUT2D eigenvalue weighted by Crippen LogP contribution is 2.33. The third-order valence-electron chi connectivity index (χ3n) is 5.55. The van der Waals surface area contributed by atoms with Gasteiger partial charge in [-0.15, -0.1) is 0 Å². The van der Waals surface area contributed by atoms with E-state index in [2.05, 4.69) is 20.1 Å². The smallest absolute Gasteiger partial charge is 0.336 e. The molecule has 0 aliphatic carbocycles. The van der Waals surface area contributed by atoms with Gasteiger partial charge in [0.15, 0.2) is 0 Å². The van der Waals surface area contributed by atoms with Crippen molar-refractivity contribution < 1.29 is 19.2 Å². The Labute approximate surface area is 182 Å². The molecule has 2 N–H and O–H groups in total. The molecule has 2 aromatic carbocycles. The number of H-pyrrole nitrogens is 1. The average molecular weight is 429 g/mol. The molecular formula is C23H19N5O4. The molecule has 1 unspecified atom stereocenters. The minimum absolute atomic E-state index is 0.0577. The molecule has 0 spiro atoms. The molecule has 0 bridgehead atoms. The summed E-state index contributed by atoms with van der Waals surface area (Å²) in [5.74, 6) is -0.890. The van der Waals surface area contributed by atoms with Crippen LogP contribution >= 0.6 is 0 Å². The van der Waals surface area contributed by atoms with E-state index >= 15 is 0 Å². The second kappa shape index (κ2) is 7.77. The Morgan fingerprint density at radius 1 is 1.16 bits per heavy atom. The third-order valence-corrected chi connectivity index (χ3v) is 5.55. The monoisotopic (exact) mass is 429 g/mol. The number of aromatic carboxylic acids is 1. The second-order valence-electron chi connectivity index (χ2n) is 7.66. The van der Waals surface area contributed by atoms with E-state index in [1.54, 1.807) is 23.4 Å². The minimum atomic E-state index is -1.16. The second-order valence-corrected chi connectivity index (χ2v) is 7.66. The molecular weight excluding hydrogens is 410 g/mol. The summed E-state index contributed by atoms with van der Waals surface area (Å²) in [5.41, 5.74) is 3.52. The van der Waals surface area contributed by atoms with E-state index in [1.807, 2.05) is 31.2 Å². The van der Waals surface area contributed by atoms with Crippen molar-refractivity contribution in [1.82, 2.24) is 25.0 Å². The number of nitrogens with zero attached hydrogens (tertiary/aromatic N) is 4. The SMILES string of the molecule is Cc1cccc(-c2noc(C3Cc4nc[nH]c4CN3C(=O)c3ccccc3C(=O)O)n2)c1. The molecule has 160 valence electrons. The number of nitrogens with one attached hydrogen (secondary N) is 1. The first-order chi connectivity index (χ1) is 15.5. The number of hydrogen-bond acceptors (Lipinski definition) is 6. The summed E-state index contributed by atoms with van der Waals surface area (Å²) < 4.78 is 5.57. The Kier molecular flexibility index (Phi) is 4.78. The van der Waals surface area contributed by atoms with Crippen molar-refractivity contribution >= 4 is 11.9 Å². The van der Waals surface area contributed by atoms with E-state index in [0.717, 1.165) is 22.5 Å². The summed E-state index contributed by atoms with van der Waals surface area (Å²) in [6.07, 6.45) is 1.95. The first-order valence-corrected chi connectivity index (χ1v) is 10.1. The van der Waals surface area contributed by atoms with Crippen molar-refractivity contribution in [3.8, 4) is 11.4 Å². The van der Waals surface area contributed by atoms with E-state index in [0.29, 0.717) is 12.2 Å². The summed E-state index contributed by atoms with van der Waals surface area (Å²) in [6.45, 7) is 2.19. The van der Waals surface area contributed by atoms with Crippen LogP contribution in [0.1, 0.15) is 49.6 Å². The molecule has 3 heterocycles. The normalized spacial score (nSPS) is 15.4. The molecule has 5 rings (SSSR count). The molecule has 0 radical (unpaired) electrons. The molecule has 1 atom stereocenters. The van der Waals surface area contributed by atoms with Crippen molar-refractivity contribution in [2.45, 2.75) is 25.9 Å². The summed E-state index contributed by atoms with van der Waals surface area (Å²) in [6, 6.07) is 13.3. The van der Waals surface area contributed by atoms with Crippen molar-refractivity contribution in [3.63, 3.8) is 0 Å². The topological polar surface area (TPSA) is 125 Å². The molecule has 0 fully saturated rings. The van der Waals surface area contributed by atoms with Crippen LogP contribution in [-0.4, -0.2) is 42.0 Å². The van der Waals surface area contributed by atoms with Crippen LogP contribution in [-0.2, 0) is 13.0 Å². The zero-order chi connectivity index (χ0) is 22.2. The summed E-state index contributed by atoms with van der Waals surface area (Å²) in [5, 5.41) is 13.7. The largest absolute Gasteiger partial charge is 0.478 e. The third kappa shape index (κ3) is 3.43. The first-order valence-electron chi connectivity index (χ1n) is 10.1. The van der Waals surface area contributed by atoms with Crippen molar-refractivity contribution in [1.29, 1.82) is 0 Å². The number of fused-ring (bicyclic) bond motifs is 1. The van der Waals surface area contributed by atoms with Gasteiger partial charge in [0.2, 0.25) is 11.7 Å². The lowest BCUT2D eigenvalue weighted by atomic mass is 9.99. The number of carboxylic acids is 1. The number of aryl methyl sites for hydroxylation is 1. The number of carbonyl (C=O) groups excluding carboxylic acids is 1. The highest BCUT2D eigenvalue weighted by molar-refractivity contribution is 6.04. The predicted molar refractivity (Wildman–Crippen MR) is 113 cm³/mol. The van der Waals surface area contributed by atoms with Crippen molar-refractivity contribution in [2.75, 3.05) is 0 Å². The number of aromatic amines is 1.